The van der Waals surface area contributed by atoms with E-state index in [4.69, 9.17) is 4.42 Å². The molecule has 0 aliphatic carbocycles. The predicted octanol–water partition coefficient (Wildman–Crippen LogP) is 2.19. The maximum atomic E-state index is 12.0. The minimum atomic E-state index is -4.85. The van der Waals surface area contributed by atoms with E-state index in [2.05, 4.69) is 9.46 Å². The largest absolute Gasteiger partial charge is 0.573 e. The number of sulfonamides is 1. The standard InChI is InChI=1S/C13H12F3NO5S/c14-13(15,16)22-10-1-3-11(4-2-10)23(19,20)17-7-12(18)9-5-6-21-8-9/h1-6,8,12,17-18H,7H2/t12-/m0/s1. The summed E-state index contributed by atoms with van der Waals surface area (Å²) in [6.07, 6.45) is -3.38. The van der Waals surface area contributed by atoms with Gasteiger partial charge in [0.05, 0.1) is 23.5 Å². The van der Waals surface area contributed by atoms with Crippen LogP contribution in [0.1, 0.15) is 11.7 Å². The van der Waals surface area contributed by atoms with Crippen molar-refractivity contribution in [3.05, 3.63) is 48.4 Å². The molecule has 1 atom stereocenters. The van der Waals surface area contributed by atoms with Crippen LogP contribution in [0.2, 0.25) is 0 Å². The molecule has 0 amide bonds. The number of rotatable bonds is 6. The lowest BCUT2D eigenvalue weighted by atomic mass is 10.2. The number of aliphatic hydroxyl groups is 1. The minimum Gasteiger partial charge on any atom is -0.472 e. The molecule has 6 nitrogen and oxygen atoms in total. The topological polar surface area (TPSA) is 88.8 Å². The fraction of sp³-hybridized carbons (Fsp3) is 0.231. The lowest BCUT2D eigenvalue weighted by molar-refractivity contribution is -0.274. The van der Waals surface area contributed by atoms with E-state index in [1.165, 1.54) is 18.6 Å². The highest BCUT2D eigenvalue weighted by Crippen LogP contribution is 2.24. The van der Waals surface area contributed by atoms with Crippen LogP contribution in [-0.4, -0.2) is 26.4 Å². The number of aliphatic hydroxyl groups excluding tert-OH is 1. The van der Waals surface area contributed by atoms with Gasteiger partial charge in [-0.15, -0.1) is 13.2 Å². The Morgan fingerprint density at radius 1 is 1.22 bits per heavy atom. The Hall–Kier alpha value is -2.04. The molecule has 10 heteroatoms. The van der Waals surface area contributed by atoms with E-state index >= 15 is 0 Å². The molecule has 0 spiro atoms. The van der Waals surface area contributed by atoms with Gasteiger partial charge in [-0.25, -0.2) is 13.1 Å². The third kappa shape index (κ3) is 4.98. The lowest BCUT2D eigenvalue weighted by Crippen LogP contribution is -2.28. The molecule has 126 valence electrons. The van der Waals surface area contributed by atoms with E-state index in [1.807, 2.05) is 0 Å². The van der Waals surface area contributed by atoms with Crippen molar-refractivity contribution in [1.29, 1.82) is 0 Å². The van der Waals surface area contributed by atoms with Crippen LogP contribution in [-0.2, 0) is 10.0 Å². The average molecular weight is 351 g/mol. The van der Waals surface area contributed by atoms with Crippen molar-refractivity contribution in [1.82, 2.24) is 4.72 Å². The van der Waals surface area contributed by atoms with E-state index in [9.17, 15) is 26.7 Å². The van der Waals surface area contributed by atoms with Gasteiger partial charge in [0, 0.05) is 12.1 Å². The van der Waals surface area contributed by atoms with Crippen molar-refractivity contribution < 1.29 is 35.8 Å². The molecule has 1 aromatic carbocycles. The first-order valence-corrected chi connectivity index (χ1v) is 7.71. The summed E-state index contributed by atoms with van der Waals surface area (Å²) in [4.78, 5) is -0.258. The summed E-state index contributed by atoms with van der Waals surface area (Å²) in [7, 11) is -3.98. The second-order valence-electron chi connectivity index (χ2n) is 4.44. The molecule has 0 radical (unpaired) electrons. The van der Waals surface area contributed by atoms with Gasteiger partial charge in [0.25, 0.3) is 0 Å². The zero-order chi connectivity index (χ0) is 17.1. The number of halogens is 3. The van der Waals surface area contributed by atoms with Crippen LogP contribution < -0.4 is 9.46 Å². The van der Waals surface area contributed by atoms with Gasteiger partial charge in [-0.2, -0.15) is 0 Å². The summed E-state index contributed by atoms with van der Waals surface area (Å²) in [5, 5.41) is 9.76. The Morgan fingerprint density at radius 3 is 2.39 bits per heavy atom. The Kier molecular flexibility index (Phi) is 4.97. The van der Waals surface area contributed by atoms with Crippen molar-refractivity contribution in [2.24, 2.45) is 0 Å². The normalized spacial score (nSPS) is 13.7. The maximum absolute atomic E-state index is 12.0. The van der Waals surface area contributed by atoms with Gasteiger partial charge in [0.2, 0.25) is 10.0 Å². The van der Waals surface area contributed by atoms with Gasteiger partial charge in [-0.05, 0) is 30.3 Å². The second-order valence-corrected chi connectivity index (χ2v) is 6.21. The summed E-state index contributed by atoms with van der Waals surface area (Å²) in [6.45, 7) is -0.317. The molecular weight excluding hydrogens is 339 g/mol. The monoisotopic (exact) mass is 351 g/mol. The molecule has 0 aliphatic rings. The van der Waals surface area contributed by atoms with Crippen LogP contribution in [0.5, 0.6) is 5.75 Å². The molecule has 2 aromatic rings. The highest BCUT2D eigenvalue weighted by atomic mass is 32.2. The number of nitrogens with one attached hydrogen (secondary N) is 1. The van der Waals surface area contributed by atoms with Crippen LogP contribution in [0.3, 0.4) is 0 Å². The molecule has 2 N–H and O–H groups in total. The van der Waals surface area contributed by atoms with E-state index in [-0.39, 0.29) is 11.4 Å². The number of benzene rings is 1. The van der Waals surface area contributed by atoms with E-state index in [1.54, 1.807) is 0 Å². The fourth-order valence-electron chi connectivity index (χ4n) is 1.67. The molecule has 0 fully saturated rings. The number of ether oxygens (including phenoxy) is 1. The van der Waals surface area contributed by atoms with Crippen molar-refractivity contribution in [3.8, 4) is 5.75 Å². The average Bonchev–Trinajstić information content (AvgIpc) is 2.98. The molecule has 0 aliphatic heterocycles. The first kappa shape index (κ1) is 17.3. The van der Waals surface area contributed by atoms with Crippen LogP contribution in [0.25, 0.3) is 0 Å². The quantitative estimate of drug-likeness (QED) is 0.833. The molecular formula is C13H12F3NO5S. The van der Waals surface area contributed by atoms with Gasteiger partial charge < -0.3 is 14.3 Å². The lowest BCUT2D eigenvalue weighted by Gasteiger charge is -2.12. The highest BCUT2D eigenvalue weighted by Gasteiger charge is 2.31. The van der Waals surface area contributed by atoms with Crippen LogP contribution in [0, 0.1) is 0 Å². The molecule has 0 saturated heterocycles. The summed E-state index contributed by atoms with van der Waals surface area (Å²) >= 11 is 0. The summed E-state index contributed by atoms with van der Waals surface area (Å²) in [5.41, 5.74) is 0.390. The minimum absolute atomic E-state index is 0.258. The summed E-state index contributed by atoms with van der Waals surface area (Å²) < 4.78 is 70.6. The van der Waals surface area contributed by atoms with Crippen molar-refractivity contribution in [3.63, 3.8) is 0 Å². The van der Waals surface area contributed by atoms with Gasteiger partial charge in [0.1, 0.15) is 5.75 Å². The molecule has 1 heterocycles. The molecule has 23 heavy (non-hydrogen) atoms. The third-order valence-corrected chi connectivity index (χ3v) is 4.20. The van der Waals surface area contributed by atoms with Crippen LogP contribution in [0.15, 0.2) is 52.2 Å². The van der Waals surface area contributed by atoms with Gasteiger partial charge >= 0.3 is 6.36 Å². The zero-order valence-corrected chi connectivity index (χ0v) is 12.3. The smallest absolute Gasteiger partial charge is 0.472 e. The van der Waals surface area contributed by atoms with E-state index in [0.717, 1.165) is 24.3 Å². The third-order valence-electron chi connectivity index (χ3n) is 2.76. The maximum Gasteiger partial charge on any atom is 0.573 e. The predicted molar refractivity (Wildman–Crippen MR) is 72.0 cm³/mol. The summed E-state index contributed by atoms with van der Waals surface area (Å²) in [6, 6.07) is 5.17. The molecule has 1 aromatic heterocycles. The van der Waals surface area contributed by atoms with Crippen LogP contribution >= 0.6 is 0 Å². The Morgan fingerprint density at radius 2 is 1.87 bits per heavy atom. The molecule has 0 bridgehead atoms. The Balaban J connectivity index is 2.02. The van der Waals surface area contributed by atoms with Gasteiger partial charge in [-0.3, -0.25) is 0 Å². The Labute approximate surface area is 129 Å². The number of furan rings is 1. The van der Waals surface area contributed by atoms with Gasteiger partial charge in [0.15, 0.2) is 0 Å². The molecule has 0 unspecified atom stereocenters. The Bertz CT molecular complexity index is 726. The van der Waals surface area contributed by atoms with Crippen LogP contribution in [0.4, 0.5) is 13.2 Å². The molecule has 2 rings (SSSR count). The summed E-state index contributed by atoms with van der Waals surface area (Å²) in [5.74, 6) is -0.533. The van der Waals surface area contributed by atoms with Crippen molar-refractivity contribution >= 4 is 10.0 Å². The molecule has 0 saturated carbocycles. The van der Waals surface area contributed by atoms with Crippen molar-refractivity contribution in [2.45, 2.75) is 17.4 Å². The first-order chi connectivity index (χ1) is 10.7. The number of alkyl halides is 3. The number of hydrogen-bond acceptors (Lipinski definition) is 5. The van der Waals surface area contributed by atoms with Gasteiger partial charge in [-0.1, -0.05) is 0 Å². The SMILES string of the molecule is O=S(=O)(NC[C@H](O)c1ccoc1)c1ccc(OC(F)(F)F)cc1. The zero-order valence-electron chi connectivity index (χ0n) is 11.4. The van der Waals surface area contributed by atoms with E-state index < -0.39 is 28.2 Å². The van der Waals surface area contributed by atoms with Crippen molar-refractivity contribution in [2.75, 3.05) is 6.54 Å². The highest BCUT2D eigenvalue weighted by molar-refractivity contribution is 7.89. The first-order valence-electron chi connectivity index (χ1n) is 6.23. The second kappa shape index (κ2) is 6.60. The number of hydrogen-bond donors (Lipinski definition) is 2. The van der Waals surface area contributed by atoms with E-state index in [0.29, 0.717) is 5.56 Å². The fourth-order valence-corrected chi connectivity index (χ4v) is 2.71.